The summed E-state index contributed by atoms with van der Waals surface area (Å²) in [5.74, 6) is 0.275. The molecule has 2 saturated heterocycles. The van der Waals surface area contributed by atoms with Crippen LogP contribution in [0, 0.1) is 11.3 Å². The van der Waals surface area contributed by atoms with Gasteiger partial charge < -0.3 is 14.8 Å². The van der Waals surface area contributed by atoms with Crippen LogP contribution in [0.25, 0.3) is 0 Å². The fraction of sp³-hybridized carbons (Fsp3) is 0.909. The number of carbonyl (C=O) groups is 1. The fourth-order valence-corrected chi connectivity index (χ4v) is 2.16. The van der Waals surface area contributed by atoms with Crippen LogP contribution in [0.2, 0.25) is 0 Å². The highest BCUT2D eigenvalue weighted by molar-refractivity contribution is 5.78. The third-order valence-electron chi connectivity index (χ3n) is 3.58. The zero-order valence-electron chi connectivity index (χ0n) is 9.41. The Morgan fingerprint density at radius 3 is 2.67 bits per heavy atom. The van der Waals surface area contributed by atoms with Gasteiger partial charge in [0.2, 0.25) is 0 Å². The molecule has 0 aromatic rings. The minimum atomic E-state index is -0.310. The topological polar surface area (TPSA) is 47.6 Å². The molecular weight excluding hydrogens is 194 g/mol. The van der Waals surface area contributed by atoms with Gasteiger partial charge in [-0.3, -0.25) is 4.79 Å². The molecule has 0 saturated carbocycles. The van der Waals surface area contributed by atoms with E-state index in [2.05, 4.69) is 19.2 Å². The van der Waals surface area contributed by atoms with Crippen LogP contribution in [0.4, 0.5) is 0 Å². The van der Waals surface area contributed by atoms with Crippen molar-refractivity contribution >= 4 is 5.97 Å². The molecular formula is C11H19NO3. The summed E-state index contributed by atoms with van der Waals surface area (Å²) >= 11 is 0. The Balaban J connectivity index is 2.00. The molecule has 0 spiro atoms. The lowest BCUT2D eigenvalue weighted by Gasteiger charge is -2.34. The maximum absolute atomic E-state index is 12.1. The van der Waals surface area contributed by atoms with Crippen molar-refractivity contribution in [2.45, 2.75) is 26.4 Å². The normalized spacial score (nSPS) is 31.7. The van der Waals surface area contributed by atoms with Crippen LogP contribution in [-0.2, 0) is 14.3 Å². The molecule has 2 aliphatic heterocycles. The van der Waals surface area contributed by atoms with E-state index in [1.807, 2.05) is 0 Å². The number of hydrogen-bond donors (Lipinski definition) is 1. The van der Waals surface area contributed by atoms with Crippen molar-refractivity contribution in [3.05, 3.63) is 0 Å². The predicted molar refractivity (Wildman–Crippen MR) is 55.5 cm³/mol. The molecule has 2 aliphatic rings. The average Bonchev–Trinajstić information content (AvgIpc) is 2.60. The second-order valence-corrected chi connectivity index (χ2v) is 4.80. The van der Waals surface area contributed by atoms with E-state index in [4.69, 9.17) is 9.47 Å². The van der Waals surface area contributed by atoms with Crippen LogP contribution in [0.1, 0.15) is 20.3 Å². The first-order chi connectivity index (χ1) is 7.15. The van der Waals surface area contributed by atoms with E-state index in [1.54, 1.807) is 0 Å². The van der Waals surface area contributed by atoms with E-state index in [9.17, 15) is 4.79 Å². The number of nitrogens with one attached hydrogen (secondary N) is 1. The van der Waals surface area contributed by atoms with Crippen molar-refractivity contribution in [1.82, 2.24) is 5.32 Å². The van der Waals surface area contributed by atoms with Gasteiger partial charge >= 0.3 is 5.97 Å². The van der Waals surface area contributed by atoms with Gasteiger partial charge in [-0.25, -0.2) is 0 Å². The fourth-order valence-electron chi connectivity index (χ4n) is 2.16. The van der Waals surface area contributed by atoms with Gasteiger partial charge in [-0.15, -0.1) is 0 Å². The lowest BCUT2D eigenvalue weighted by atomic mass is 9.76. The van der Waals surface area contributed by atoms with E-state index in [1.165, 1.54) is 0 Å². The molecule has 4 heteroatoms. The summed E-state index contributed by atoms with van der Waals surface area (Å²) in [6, 6.07) is 0. The van der Waals surface area contributed by atoms with Crippen molar-refractivity contribution < 1.29 is 14.3 Å². The van der Waals surface area contributed by atoms with Gasteiger partial charge in [0.05, 0.1) is 18.6 Å². The molecule has 2 rings (SSSR count). The van der Waals surface area contributed by atoms with Crippen LogP contribution in [0.5, 0.6) is 0 Å². The van der Waals surface area contributed by atoms with Crippen LogP contribution in [0.3, 0.4) is 0 Å². The summed E-state index contributed by atoms with van der Waals surface area (Å²) < 4.78 is 10.4. The number of hydrogen-bond acceptors (Lipinski definition) is 4. The van der Waals surface area contributed by atoms with Gasteiger partial charge in [0.1, 0.15) is 6.10 Å². The summed E-state index contributed by atoms with van der Waals surface area (Å²) in [6.07, 6.45) is 0.880. The second kappa shape index (κ2) is 4.10. The molecule has 2 heterocycles. The van der Waals surface area contributed by atoms with Gasteiger partial charge in [0.25, 0.3) is 0 Å². The Morgan fingerprint density at radius 2 is 2.27 bits per heavy atom. The third-order valence-corrected chi connectivity index (χ3v) is 3.58. The van der Waals surface area contributed by atoms with E-state index in [0.717, 1.165) is 19.5 Å². The van der Waals surface area contributed by atoms with E-state index in [-0.39, 0.29) is 17.5 Å². The number of esters is 1. The van der Waals surface area contributed by atoms with Gasteiger partial charge in [-0.2, -0.15) is 0 Å². The Bertz CT molecular complexity index is 242. The summed E-state index contributed by atoms with van der Waals surface area (Å²) in [6.45, 7) is 6.96. The van der Waals surface area contributed by atoms with Crippen molar-refractivity contribution in [1.29, 1.82) is 0 Å². The number of rotatable bonds is 3. The maximum Gasteiger partial charge on any atom is 0.314 e. The quantitative estimate of drug-likeness (QED) is 0.696. The summed E-state index contributed by atoms with van der Waals surface area (Å²) in [5, 5.41) is 3.25. The Morgan fingerprint density at radius 1 is 1.53 bits per heavy atom. The van der Waals surface area contributed by atoms with Gasteiger partial charge in [-0.05, 0) is 18.9 Å². The maximum atomic E-state index is 12.1. The number of ether oxygens (including phenoxy) is 2. The highest BCUT2D eigenvalue weighted by Gasteiger charge is 2.46. The highest BCUT2D eigenvalue weighted by Crippen LogP contribution is 2.36. The Kier molecular flexibility index (Phi) is 2.98. The summed E-state index contributed by atoms with van der Waals surface area (Å²) in [5.41, 5.74) is -0.310. The van der Waals surface area contributed by atoms with Crippen LogP contribution in [0.15, 0.2) is 0 Å². The Labute approximate surface area is 90.3 Å². The SMILES string of the molecule is CC(C)C1(C(=O)OC2COC2)CCNC1. The molecule has 0 bridgehead atoms. The van der Waals surface area contributed by atoms with E-state index < -0.39 is 0 Å². The first-order valence-electron chi connectivity index (χ1n) is 5.65. The largest absolute Gasteiger partial charge is 0.457 e. The number of carbonyl (C=O) groups excluding carboxylic acids is 1. The summed E-state index contributed by atoms with van der Waals surface area (Å²) in [7, 11) is 0. The van der Waals surface area contributed by atoms with E-state index >= 15 is 0 Å². The molecule has 15 heavy (non-hydrogen) atoms. The highest BCUT2D eigenvalue weighted by atomic mass is 16.6. The molecule has 0 aromatic carbocycles. The monoisotopic (exact) mass is 213 g/mol. The van der Waals surface area contributed by atoms with Crippen molar-refractivity contribution in [2.24, 2.45) is 11.3 Å². The molecule has 86 valence electrons. The molecule has 1 unspecified atom stereocenters. The molecule has 0 aliphatic carbocycles. The van der Waals surface area contributed by atoms with E-state index in [0.29, 0.717) is 19.1 Å². The smallest absolute Gasteiger partial charge is 0.314 e. The van der Waals surface area contributed by atoms with Crippen LogP contribution >= 0.6 is 0 Å². The molecule has 0 amide bonds. The van der Waals surface area contributed by atoms with Gasteiger partial charge in [-0.1, -0.05) is 13.8 Å². The molecule has 1 N–H and O–H groups in total. The van der Waals surface area contributed by atoms with Crippen LogP contribution < -0.4 is 5.32 Å². The molecule has 2 fully saturated rings. The van der Waals surface area contributed by atoms with Crippen molar-refractivity contribution in [3.63, 3.8) is 0 Å². The first-order valence-corrected chi connectivity index (χ1v) is 5.65. The standard InChI is InChI=1S/C11H19NO3/c1-8(2)11(3-4-12-7-11)10(13)15-9-5-14-6-9/h8-9,12H,3-7H2,1-2H3. The predicted octanol–water partition coefficient (Wildman–Crippen LogP) is 0.564. The van der Waals surface area contributed by atoms with Gasteiger partial charge in [0.15, 0.2) is 0 Å². The molecule has 4 nitrogen and oxygen atoms in total. The molecule has 1 atom stereocenters. The van der Waals surface area contributed by atoms with Crippen LogP contribution in [-0.4, -0.2) is 38.4 Å². The third kappa shape index (κ3) is 1.88. The zero-order chi connectivity index (χ0) is 10.9. The van der Waals surface area contributed by atoms with Gasteiger partial charge in [0, 0.05) is 6.54 Å². The first kappa shape index (κ1) is 10.9. The second-order valence-electron chi connectivity index (χ2n) is 4.80. The lowest BCUT2D eigenvalue weighted by Crippen LogP contribution is -2.46. The minimum absolute atomic E-state index is 0.00581. The molecule has 0 radical (unpaired) electrons. The minimum Gasteiger partial charge on any atom is -0.457 e. The van der Waals surface area contributed by atoms with Crippen molar-refractivity contribution in [3.8, 4) is 0 Å². The van der Waals surface area contributed by atoms with Crippen molar-refractivity contribution in [2.75, 3.05) is 26.3 Å². The molecule has 0 aromatic heterocycles. The lowest BCUT2D eigenvalue weighted by molar-refractivity contribution is -0.185. The average molecular weight is 213 g/mol. The Hall–Kier alpha value is -0.610. The zero-order valence-corrected chi connectivity index (χ0v) is 9.41. The summed E-state index contributed by atoms with van der Waals surface area (Å²) in [4.78, 5) is 12.1.